The molecule has 2 aromatic heterocycles. The van der Waals surface area contributed by atoms with E-state index in [0.717, 1.165) is 16.8 Å². The molecule has 4 heteroatoms. The highest BCUT2D eigenvalue weighted by molar-refractivity contribution is 5.26. The van der Waals surface area contributed by atoms with E-state index in [0.29, 0.717) is 0 Å². The summed E-state index contributed by atoms with van der Waals surface area (Å²) in [6.45, 7) is 2.02. The van der Waals surface area contributed by atoms with Gasteiger partial charge in [-0.15, -0.1) is 0 Å². The monoisotopic (exact) mass is 203 g/mol. The Labute approximate surface area is 88.1 Å². The molecule has 4 nitrogen and oxygen atoms in total. The summed E-state index contributed by atoms with van der Waals surface area (Å²) >= 11 is 0. The molecule has 2 aromatic rings. The van der Waals surface area contributed by atoms with Gasteiger partial charge in [-0.25, -0.2) is 5.43 Å². The van der Waals surface area contributed by atoms with Crippen molar-refractivity contribution >= 4 is 0 Å². The van der Waals surface area contributed by atoms with E-state index in [4.69, 9.17) is 10.3 Å². The molecule has 0 aromatic carbocycles. The molecule has 3 N–H and O–H groups in total. The molecule has 1 unspecified atom stereocenters. The topological polar surface area (TPSA) is 64.1 Å². The van der Waals surface area contributed by atoms with Crippen molar-refractivity contribution in [1.82, 2.24) is 10.4 Å². The molecule has 2 rings (SSSR count). The third-order valence-corrected chi connectivity index (χ3v) is 2.28. The van der Waals surface area contributed by atoms with Crippen molar-refractivity contribution in [1.29, 1.82) is 0 Å². The van der Waals surface area contributed by atoms with Crippen molar-refractivity contribution in [2.24, 2.45) is 5.84 Å². The maximum absolute atomic E-state index is 5.51. The highest BCUT2D eigenvalue weighted by atomic mass is 16.3. The highest BCUT2D eigenvalue weighted by Gasteiger charge is 2.14. The third-order valence-electron chi connectivity index (χ3n) is 2.28. The summed E-state index contributed by atoms with van der Waals surface area (Å²) in [7, 11) is 0. The summed E-state index contributed by atoms with van der Waals surface area (Å²) in [5, 5.41) is 0. The van der Waals surface area contributed by atoms with Gasteiger partial charge in [0, 0.05) is 11.8 Å². The second-order valence-electron chi connectivity index (χ2n) is 3.41. The van der Waals surface area contributed by atoms with Crippen molar-refractivity contribution in [3.05, 3.63) is 53.7 Å². The van der Waals surface area contributed by atoms with Gasteiger partial charge in [0.15, 0.2) is 0 Å². The minimum atomic E-state index is -0.122. The first-order valence-corrected chi connectivity index (χ1v) is 4.72. The van der Waals surface area contributed by atoms with E-state index < -0.39 is 0 Å². The zero-order chi connectivity index (χ0) is 10.7. The molecular formula is C11H13N3O. The van der Waals surface area contributed by atoms with Crippen molar-refractivity contribution in [2.75, 3.05) is 0 Å². The largest absolute Gasteiger partial charge is 0.472 e. The number of nitrogens with zero attached hydrogens (tertiary/aromatic N) is 1. The fourth-order valence-corrected chi connectivity index (χ4v) is 1.51. The zero-order valence-corrected chi connectivity index (χ0v) is 8.47. The van der Waals surface area contributed by atoms with Gasteiger partial charge >= 0.3 is 0 Å². The lowest BCUT2D eigenvalue weighted by molar-refractivity contribution is 0.551. The Bertz CT molecular complexity index is 425. The number of nitrogens with one attached hydrogen (secondary N) is 1. The molecule has 78 valence electrons. The van der Waals surface area contributed by atoms with Crippen molar-refractivity contribution in [3.8, 4) is 0 Å². The summed E-state index contributed by atoms with van der Waals surface area (Å²) in [5.74, 6) is 5.51. The highest BCUT2D eigenvalue weighted by Crippen LogP contribution is 2.20. The molecule has 0 saturated heterocycles. The quantitative estimate of drug-likeness (QED) is 0.586. The molecule has 0 aliphatic heterocycles. The number of aryl methyl sites for hydroxylation is 1. The predicted octanol–water partition coefficient (Wildman–Crippen LogP) is 1.54. The Morgan fingerprint density at radius 1 is 1.47 bits per heavy atom. The normalized spacial score (nSPS) is 12.7. The lowest BCUT2D eigenvalue weighted by Gasteiger charge is -2.13. The van der Waals surface area contributed by atoms with Crippen LogP contribution in [0, 0.1) is 6.92 Å². The number of hydrazine groups is 1. The number of furan rings is 1. The molecular weight excluding hydrogens is 190 g/mol. The van der Waals surface area contributed by atoms with Gasteiger partial charge < -0.3 is 4.42 Å². The van der Waals surface area contributed by atoms with E-state index in [1.165, 1.54) is 0 Å². The smallest absolute Gasteiger partial charge is 0.0954 e. The molecule has 0 fully saturated rings. The van der Waals surface area contributed by atoms with Crippen molar-refractivity contribution < 1.29 is 4.42 Å². The predicted molar refractivity (Wildman–Crippen MR) is 56.8 cm³/mol. The Hall–Kier alpha value is -1.65. The average molecular weight is 203 g/mol. The third kappa shape index (κ3) is 2.06. The molecule has 15 heavy (non-hydrogen) atoms. The lowest BCUT2D eigenvalue weighted by Crippen LogP contribution is -2.29. The van der Waals surface area contributed by atoms with Crippen LogP contribution < -0.4 is 11.3 Å². The minimum absolute atomic E-state index is 0.122. The molecule has 0 radical (unpaired) electrons. The van der Waals surface area contributed by atoms with E-state index in [1.54, 1.807) is 18.7 Å². The fourth-order valence-electron chi connectivity index (χ4n) is 1.51. The van der Waals surface area contributed by atoms with Crippen LogP contribution in [-0.4, -0.2) is 4.98 Å². The molecule has 1 atom stereocenters. The van der Waals surface area contributed by atoms with Crippen LogP contribution in [0.5, 0.6) is 0 Å². The summed E-state index contributed by atoms with van der Waals surface area (Å²) in [4.78, 5) is 4.28. The first-order chi connectivity index (χ1) is 7.31. The van der Waals surface area contributed by atoms with Crippen molar-refractivity contribution in [2.45, 2.75) is 13.0 Å². The van der Waals surface area contributed by atoms with Crippen LogP contribution in [0.1, 0.15) is 22.9 Å². The van der Waals surface area contributed by atoms with Gasteiger partial charge in [0.25, 0.3) is 0 Å². The van der Waals surface area contributed by atoms with Crippen LogP contribution in [0.4, 0.5) is 0 Å². The van der Waals surface area contributed by atoms with Crippen molar-refractivity contribution in [3.63, 3.8) is 0 Å². The zero-order valence-electron chi connectivity index (χ0n) is 8.47. The van der Waals surface area contributed by atoms with E-state index in [-0.39, 0.29) is 6.04 Å². The Kier molecular flexibility index (Phi) is 2.80. The van der Waals surface area contributed by atoms with Crippen LogP contribution in [0.25, 0.3) is 0 Å². The first kappa shape index (κ1) is 9.89. The summed E-state index contributed by atoms with van der Waals surface area (Å²) in [6.07, 6.45) is 5.05. The standard InChI is InChI=1S/C11H13N3O/c1-8-2-4-13-10(6-8)11(14-12)9-3-5-15-7-9/h2-7,11,14H,12H2,1H3. The second-order valence-corrected chi connectivity index (χ2v) is 3.41. The van der Waals surface area contributed by atoms with Gasteiger partial charge in [0.1, 0.15) is 0 Å². The molecule has 0 aliphatic carbocycles. The Morgan fingerprint density at radius 3 is 2.93 bits per heavy atom. The summed E-state index contributed by atoms with van der Waals surface area (Å²) < 4.78 is 5.03. The molecule has 0 aliphatic rings. The van der Waals surface area contributed by atoms with Gasteiger partial charge in [0.2, 0.25) is 0 Å². The van der Waals surface area contributed by atoms with Gasteiger partial charge in [-0.05, 0) is 30.7 Å². The van der Waals surface area contributed by atoms with Crippen LogP contribution in [0.2, 0.25) is 0 Å². The second kappa shape index (κ2) is 4.25. The number of rotatable bonds is 3. The molecule has 0 bridgehead atoms. The number of nitrogens with two attached hydrogens (primary N) is 1. The Balaban J connectivity index is 2.35. The van der Waals surface area contributed by atoms with E-state index in [1.807, 2.05) is 25.1 Å². The van der Waals surface area contributed by atoms with E-state index >= 15 is 0 Å². The maximum atomic E-state index is 5.51. The molecule has 0 saturated carbocycles. The lowest BCUT2D eigenvalue weighted by atomic mass is 10.1. The van der Waals surface area contributed by atoms with Crippen LogP contribution in [0.15, 0.2) is 41.3 Å². The number of hydrogen-bond donors (Lipinski definition) is 2. The van der Waals surface area contributed by atoms with Crippen LogP contribution >= 0.6 is 0 Å². The number of pyridine rings is 1. The van der Waals surface area contributed by atoms with Gasteiger partial charge in [0.05, 0.1) is 24.3 Å². The van der Waals surface area contributed by atoms with E-state index in [2.05, 4.69) is 10.4 Å². The Morgan fingerprint density at radius 2 is 2.33 bits per heavy atom. The minimum Gasteiger partial charge on any atom is -0.472 e. The van der Waals surface area contributed by atoms with Gasteiger partial charge in [-0.3, -0.25) is 10.8 Å². The summed E-state index contributed by atoms with van der Waals surface area (Å²) in [6, 6.07) is 5.70. The molecule has 0 amide bonds. The number of aromatic nitrogens is 1. The van der Waals surface area contributed by atoms with Gasteiger partial charge in [-0.1, -0.05) is 0 Å². The van der Waals surface area contributed by atoms with Crippen LogP contribution in [-0.2, 0) is 0 Å². The van der Waals surface area contributed by atoms with E-state index in [9.17, 15) is 0 Å². The first-order valence-electron chi connectivity index (χ1n) is 4.72. The SMILES string of the molecule is Cc1ccnc(C(NN)c2ccoc2)c1. The summed E-state index contributed by atoms with van der Waals surface area (Å²) in [5.41, 5.74) is 5.74. The number of hydrogen-bond acceptors (Lipinski definition) is 4. The van der Waals surface area contributed by atoms with Gasteiger partial charge in [-0.2, -0.15) is 0 Å². The van der Waals surface area contributed by atoms with Crippen LogP contribution in [0.3, 0.4) is 0 Å². The average Bonchev–Trinajstić information content (AvgIpc) is 2.72. The molecule has 0 spiro atoms. The fraction of sp³-hybridized carbons (Fsp3) is 0.182. The molecule has 2 heterocycles. The maximum Gasteiger partial charge on any atom is 0.0954 e.